The number of piperidine rings is 1. The number of benzene rings is 2. The third kappa shape index (κ3) is 8.84. The van der Waals surface area contributed by atoms with Gasteiger partial charge in [-0.1, -0.05) is 36.4 Å². The molecule has 0 bridgehead atoms. The standard InChI is InChI=1S/C21H26FNO2.C2HF3O2/c22-19-8-4-9-20(16-19)25-15-5-12-23-13-10-18(11-14-23)21(24)17-6-2-1-3-7-17;3-2(4,5)1(6)7/h1-4,6-9,16,18,21,24H,5,10-15H2;(H,6,7). The van der Waals surface area contributed by atoms with E-state index in [1.54, 1.807) is 12.1 Å². The SMILES string of the molecule is O=C(O)C(F)(F)F.OC(c1ccccc1)C1CCN(CCCOc2cccc(F)c2)CC1. The zero-order valence-electron chi connectivity index (χ0n) is 17.5. The van der Waals surface area contributed by atoms with Crippen LogP contribution in [-0.2, 0) is 4.79 Å². The average molecular weight is 457 g/mol. The number of hydrogen-bond acceptors (Lipinski definition) is 4. The van der Waals surface area contributed by atoms with Gasteiger partial charge in [0.2, 0.25) is 0 Å². The van der Waals surface area contributed by atoms with Crippen molar-refractivity contribution in [3.63, 3.8) is 0 Å². The van der Waals surface area contributed by atoms with E-state index in [-0.39, 0.29) is 11.9 Å². The van der Waals surface area contributed by atoms with Crippen LogP contribution in [0.2, 0.25) is 0 Å². The van der Waals surface area contributed by atoms with Crippen molar-refractivity contribution in [3.05, 3.63) is 66.0 Å². The molecule has 0 aliphatic carbocycles. The molecule has 2 aromatic carbocycles. The van der Waals surface area contributed by atoms with Crippen LogP contribution in [0, 0.1) is 11.7 Å². The first kappa shape index (κ1) is 25.6. The van der Waals surface area contributed by atoms with E-state index < -0.39 is 12.1 Å². The van der Waals surface area contributed by atoms with Gasteiger partial charge in [-0.15, -0.1) is 0 Å². The van der Waals surface area contributed by atoms with Crippen molar-refractivity contribution in [2.45, 2.75) is 31.5 Å². The van der Waals surface area contributed by atoms with E-state index in [9.17, 15) is 22.7 Å². The Morgan fingerprint density at radius 1 is 1.09 bits per heavy atom. The topological polar surface area (TPSA) is 70.0 Å². The molecule has 1 aliphatic heterocycles. The Bertz CT molecular complexity index is 824. The number of aliphatic carboxylic acids is 1. The molecule has 0 spiro atoms. The quantitative estimate of drug-likeness (QED) is 0.467. The first-order valence-electron chi connectivity index (χ1n) is 10.3. The number of alkyl halides is 3. The number of hydrogen-bond donors (Lipinski definition) is 2. The van der Waals surface area contributed by atoms with Gasteiger partial charge in [0.1, 0.15) is 11.6 Å². The van der Waals surface area contributed by atoms with Gasteiger partial charge in [-0.3, -0.25) is 0 Å². The second-order valence-corrected chi connectivity index (χ2v) is 7.50. The number of carbonyl (C=O) groups is 1. The summed E-state index contributed by atoms with van der Waals surface area (Å²) in [5, 5.41) is 17.6. The first-order valence-corrected chi connectivity index (χ1v) is 10.3. The van der Waals surface area contributed by atoms with Gasteiger partial charge in [0.05, 0.1) is 12.7 Å². The Hall–Kier alpha value is -2.65. The maximum Gasteiger partial charge on any atom is 0.490 e. The molecule has 9 heteroatoms. The minimum absolute atomic E-state index is 0.267. The maximum absolute atomic E-state index is 13.1. The molecule has 0 radical (unpaired) electrons. The molecule has 1 heterocycles. The Balaban J connectivity index is 0.000000451. The molecule has 1 atom stereocenters. The van der Waals surface area contributed by atoms with Crippen LogP contribution in [-0.4, -0.2) is 53.5 Å². The van der Waals surface area contributed by atoms with Gasteiger partial charge in [0.25, 0.3) is 0 Å². The van der Waals surface area contributed by atoms with Crippen LogP contribution in [0.4, 0.5) is 17.6 Å². The lowest BCUT2D eigenvalue weighted by molar-refractivity contribution is -0.192. The molecule has 1 fully saturated rings. The van der Waals surface area contributed by atoms with E-state index in [0.717, 1.165) is 44.5 Å². The van der Waals surface area contributed by atoms with Crippen LogP contribution in [0.15, 0.2) is 54.6 Å². The molecule has 176 valence electrons. The Morgan fingerprint density at radius 2 is 1.72 bits per heavy atom. The van der Waals surface area contributed by atoms with Gasteiger partial charge >= 0.3 is 12.1 Å². The molecule has 5 nitrogen and oxygen atoms in total. The summed E-state index contributed by atoms with van der Waals surface area (Å²) in [4.78, 5) is 11.3. The van der Waals surface area contributed by atoms with Crippen LogP contribution in [0.25, 0.3) is 0 Å². The van der Waals surface area contributed by atoms with Crippen molar-refractivity contribution < 1.29 is 37.3 Å². The highest BCUT2D eigenvalue weighted by molar-refractivity contribution is 5.73. The van der Waals surface area contributed by atoms with Gasteiger partial charge in [0.15, 0.2) is 0 Å². The van der Waals surface area contributed by atoms with E-state index >= 15 is 0 Å². The fraction of sp³-hybridized carbons (Fsp3) is 0.435. The van der Waals surface area contributed by atoms with Crippen molar-refractivity contribution in [1.82, 2.24) is 4.90 Å². The molecule has 2 N–H and O–H groups in total. The van der Waals surface area contributed by atoms with Gasteiger partial charge in [0, 0.05) is 12.6 Å². The van der Waals surface area contributed by atoms with Gasteiger partial charge in [-0.2, -0.15) is 13.2 Å². The van der Waals surface area contributed by atoms with Crippen LogP contribution >= 0.6 is 0 Å². The predicted octanol–water partition coefficient (Wildman–Crippen LogP) is 4.67. The summed E-state index contributed by atoms with van der Waals surface area (Å²) in [6.45, 7) is 3.59. The van der Waals surface area contributed by atoms with Crippen molar-refractivity contribution in [2.24, 2.45) is 5.92 Å². The summed E-state index contributed by atoms with van der Waals surface area (Å²) in [6.07, 6.45) is -2.50. The Kier molecular flexibility index (Phi) is 9.93. The molecule has 0 saturated carbocycles. The molecule has 0 amide bonds. The van der Waals surface area contributed by atoms with E-state index in [2.05, 4.69) is 4.90 Å². The van der Waals surface area contributed by atoms with E-state index in [0.29, 0.717) is 18.3 Å². The number of aliphatic hydroxyl groups excluding tert-OH is 1. The second-order valence-electron chi connectivity index (χ2n) is 7.50. The van der Waals surface area contributed by atoms with E-state index in [4.69, 9.17) is 14.6 Å². The molecule has 2 aromatic rings. The maximum atomic E-state index is 13.1. The lowest BCUT2D eigenvalue weighted by Gasteiger charge is -2.34. The number of carboxylic acid groups (broad SMARTS) is 1. The molecule has 1 unspecified atom stereocenters. The fourth-order valence-electron chi connectivity index (χ4n) is 3.45. The summed E-state index contributed by atoms with van der Waals surface area (Å²) in [5.41, 5.74) is 1.02. The van der Waals surface area contributed by atoms with Crippen LogP contribution in [0.1, 0.15) is 30.9 Å². The third-order valence-corrected chi connectivity index (χ3v) is 5.15. The number of nitrogens with zero attached hydrogens (tertiary/aromatic N) is 1. The number of aliphatic hydroxyl groups is 1. The number of rotatable bonds is 7. The van der Waals surface area contributed by atoms with Crippen molar-refractivity contribution >= 4 is 5.97 Å². The molecule has 1 aliphatic rings. The van der Waals surface area contributed by atoms with Gasteiger partial charge in [-0.25, -0.2) is 9.18 Å². The normalized spacial score (nSPS) is 16.0. The highest BCUT2D eigenvalue weighted by atomic mass is 19.4. The number of ether oxygens (including phenoxy) is 1. The number of carboxylic acids is 1. The van der Waals surface area contributed by atoms with Crippen LogP contribution in [0.5, 0.6) is 5.75 Å². The smallest absolute Gasteiger partial charge is 0.490 e. The summed E-state index contributed by atoms with van der Waals surface area (Å²) in [5.74, 6) is -2.10. The average Bonchev–Trinajstić information content (AvgIpc) is 2.77. The molecule has 3 rings (SSSR count). The lowest BCUT2D eigenvalue weighted by atomic mass is 9.87. The summed E-state index contributed by atoms with van der Waals surface area (Å²) < 4.78 is 50.4. The monoisotopic (exact) mass is 457 g/mol. The second kappa shape index (κ2) is 12.4. The van der Waals surface area contributed by atoms with Crippen LogP contribution < -0.4 is 4.74 Å². The summed E-state index contributed by atoms with van der Waals surface area (Å²) in [7, 11) is 0. The zero-order chi connectivity index (χ0) is 23.6. The first-order chi connectivity index (χ1) is 15.2. The zero-order valence-corrected chi connectivity index (χ0v) is 17.5. The van der Waals surface area contributed by atoms with E-state index in [1.165, 1.54) is 12.1 Å². The van der Waals surface area contributed by atoms with Crippen LogP contribution in [0.3, 0.4) is 0 Å². The molecular weight excluding hydrogens is 430 g/mol. The summed E-state index contributed by atoms with van der Waals surface area (Å²) >= 11 is 0. The van der Waals surface area contributed by atoms with Crippen molar-refractivity contribution in [2.75, 3.05) is 26.2 Å². The van der Waals surface area contributed by atoms with Gasteiger partial charge < -0.3 is 19.8 Å². The number of likely N-dealkylation sites (tertiary alicyclic amines) is 1. The lowest BCUT2D eigenvalue weighted by Crippen LogP contribution is -2.36. The highest BCUT2D eigenvalue weighted by Gasteiger charge is 2.38. The molecule has 32 heavy (non-hydrogen) atoms. The Morgan fingerprint density at radius 3 is 2.28 bits per heavy atom. The molecule has 0 aromatic heterocycles. The summed E-state index contributed by atoms with van der Waals surface area (Å²) in [6, 6.07) is 16.2. The van der Waals surface area contributed by atoms with E-state index in [1.807, 2.05) is 30.3 Å². The predicted molar refractivity (Wildman–Crippen MR) is 111 cm³/mol. The Labute approximate surface area is 184 Å². The largest absolute Gasteiger partial charge is 0.493 e. The minimum atomic E-state index is -5.08. The minimum Gasteiger partial charge on any atom is -0.493 e. The van der Waals surface area contributed by atoms with Crippen molar-refractivity contribution in [3.8, 4) is 5.75 Å². The number of halogens is 4. The fourth-order valence-corrected chi connectivity index (χ4v) is 3.45. The van der Waals surface area contributed by atoms with Gasteiger partial charge in [-0.05, 0) is 56.0 Å². The molecule has 1 saturated heterocycles. The van der Waals surface area contributed by atoms with Crippen molar-refractivity contribution in [1.29, 1.82) is 0 Å². The molecular formula is C23H27F4NO4. The third-order valence-electron chi connectivity index (χ3n) is 5.15. The highest BCUT2D eigenvalue weighted by Crippen LogP contribution is 2.30.